The summed E-state index contributed by atoms with van der Waals surface area (Å²) in [4.78, 5) is 26.4. The molecule has 1 aliphatic heterocycles. The van der Waals surface area contributed by atoms with Gasteiger partial charge in [0.2, 0.25) is 0 Å². The highest BCUT2D eigenvalue weighted by molar-refractivity contribution is 5.92. The lowest BCUT2D eigenvalue weighted by Crippen LogP contribution is -2.45. The zero-order valence-corrected chi connectivity index (χ0v) is 16.7. The Kier molecular flexibility index (Phi) is 7.07. The van der Waals surface area contributed by atoms with E-state index < -0.39 is 11.6 Å². The van der Waals surface area contributed by atoms with Crippen molar-refractivity contribution in [1.29, 1.82) is 0 Å². The smallest absolute Gasteiger partial charge is 0.410 e. The van der Waals surface area contributed by atoms with Crippen LogP contribution in [-0.4, -0.2) is 56.0 Å². The summed E-state index contributed by atoms with van der Waals surface area (Å²) in [5.41, 5.74) is 0.614. The van der Waals surface area contributed by atoms with Gasteiger partial charge in [0.1, 0.15) is 16.9 Å². The molecule has 0 spiro atoms. The van der Waals surface area contributed by atoms with E-state index in [9.17, 15) is 9.59 Å². The third-order valence-electron chi connectivity index (χ3n) is 4.28. The Bertz CT molecular complexity index is 661. The summed E-state index contributed by atoms with van der Waals surface area (Å²) >= 11 is 0. The third kappa shape index (κ3) is 5.85. The number of rotatable bonds is 5. The summed E-state index contributed by atoms with van der Waals surface area (Å²) in [5, 5.41) is 0. The number of methoxy groups -OCH3 is 2. The highest BCUT2D eigenvalue weighted by atomic mass is 16.6. The van der Waals surface area contributed by atoms with Crippen molar-refractivity contribution in [3.63, 3.8) is 0 Å². The molecule has 1 heterocycles. The minimum Gasteiger partial charge on any atom is -0.496 e. The van der Waals surface area contributed by atoms with E-state index in [1.165, 1.54) is 14.2 Å². The molecule has 7 heteroatoms. The molecule has 1 fully saturated rings. The average Bonchev–Trinajstić information content (AvgIpc) is 2.64. The summed E-state index contributed by atoms with van der Waals surface area (Å²) in [6.07, 6.45) is 1.16. The molecule has 1 amide bonds. The summed E-state index contributed by atoms with van der Waals surface area (Å²) in [5.74, 6) is -0.0534. The van der Waals surface area contributed by atoms with Crippen LogP contribution >= 0.6 is 0 Å². The zero-order chi connectivity index (χ0) is 20.0. The van der Waals surface area contributed by atoms with Crippen molar-refractivity contribution in [1.82, 2.24) is 4.90 Å². The number of esters is 1. The van der Waals surface area contributed by atoms with Crippen LogP contribution in [0.15, 0.2) is 18.2 Å². The maximum atomic E-state index is 12.8. The Morgan fingerprint density at radius 3 is 2.41 bits per heavy atom. The fraction of sp³-hybridized carbons (Fsp3) is 0.600. The summed E-state index contributed by atoms with van der Waals surface area (Å²) in [6.45, 7) is 7.14. The first kappa shape index (κ1) is 21.0. The number of hydrogen-bond acceptors (Lipinski definition) is 6. The molecular weight excluding hydrogens is 350 g/mol. The Hall–Kier alpha value is -2.28. The normalized spacial score (nSPS) is 15.1. The van der Waals surface area contributed by atoms with E-state index in [-0.39, 0.29) is 12.1 Å². The predicted octanol–water partition coefficient (Wildman–Crippen LogP) is 3.40. The molecule has 150 valence electrons. The van der Waals surface area contributed by atoms with Crippen molar-refractivity contribution in [3.05, 3.63) is 29.3 Å². The molecule has 0 atom stereocenters. The van der Waals surface area contributed by atoms with E-state index in [1.54, 1.807) is 23.1 Å². The number of benzene rings is 1. The van der Waals surface area contributed by atoms with Crippen molar-refractivity contribution >= 4 is 12.1 Å². The summed E-state index contributed by atoms with van der Waals surface area (Å²) in [6, 6.07) is 5.24. The van der Waals surface area contributed by atoms with E-state index in [0.717, 1.165) is 18.4 Å². The van der Waals surface area contributed by atoms with Crippen LogP contribution in [0, 0.1) is 0 Å². The molecule has 0 bridgehead atoms. The van der Waals surface area contributed by atoms with Gasteiger partial charge in [-0.3, -0.25) is 0 Å². The van der Waals surface area contributed by atoms with Crippen LogP contribution in [-0.2, 0) is 20.8 Å². The van der Waals surface area contributed by atoms with Crippen LogP contribution in [0.5, 0.6) is 5.75 Å². The molecule has 0 aliphatic carbocycles. The second-order valence-electron chi connectivity index (χ2n) is 7.48. The van der Waals surface area contributed by atoms with Gasteiger partial charge >= 0.3 is 12.1 Å². The topological polar surface area (TPSA) is 74.3 Å². The second-order valence-corrected chi connectivity index (χ2v) is 7.48. The molecule has 1 aromatic rings. The molecule has 0 radical (unpaired) electrons. The SMILES string of the molecule is COC(=O)c1ccc(CN(C(=O)OC(C)(C)C)C2CCOCC2)cc1OC. The summed E-state index contributed by atoms with van der Waals surface area (Å²) in [7, 11) is 2.82. The van der Waals surface area contributed by atoms with Gasteiger partial charge in [-0.1, -0.05) is 6.07 Å². The molecule has 0 aromatic heterocycles. The van der Waals surface area contributed by atoms with E-state index in [2.05, 4.69) is 0 Å². The van der Waals surface area contributed by atoms with Crippen LogP contribution < -0.4 is 4.74 Å². The Morgan fingerprint density at radius 1 is 1.19 bits per heavy atom. The molecule has 2 rings (SSSR count). The molecular formula is C20H29NO6. The van der Waals surface area contributed by atoms with Gasteiger partial charge in [0, 0.05) is 25.8 Å². The Balaban J connectivity index is 2.25. The lowest BCUT2D eigenvalue weighted by Gasteiger charge is -2.35. The molecule has 0 N–H and O–H groups in total. The molecule has 1 aliphatic rings. The Morgan fingerprint density at radius 2 is 1.85 bits per heavy atom. The lowest BCUT2D eigenvalue weighted by atomic mass is 10.1. The first-order valence-electron chi connectivity index (χ1n) is 9.07. The van der Waals surface area contributed by atoms with Gasteiger partial charge in [0.15, 0.2) is 0 Å². The van der Waals surface area contributed by atoms with Crippen molar-refractivity contribution in [2.24, 2.45) is 0 Å². The van der Waals surface area contributed by atoms with Crippen molar-refractivity contribution in [2.75, 3.05) is 27.4 Å². The minimum absolute atomic E-state index is 0.0416. The van der Waals surface area contributed by atoms with E-state index in [4.69, 9.17) is 18.9 Å². The van der Waals surface area contributed by atoms with Gasteiger partial charge in [0.05, 0.1) is 14.2 Å². The largest absolute Gasteiger partial charge is 0.496 e. The molecule has 1 saturated heterocycles. The zero-order valence-electron chi connectivity index (χ0n) is 16.7. The van der Waals surface area contributed by atoms with Crippen molar-refractivity contribution in [3.8, 4) is 5.75 Å². The van der Waals surface area contributed by atoms with Crippen LogP contribution in [0.3, 0.4) is 0 Å². The van der Waals surface area contributed by atoms with Gasteiger partial charge in [-0.25, -0.2) is 9.59 Å². The number of carbonyl (C=O) groups is 2. The quantitative estimate of drug-likeness (QED) is 0.730. The maximum Gasteiger partial charge on any atom is 0.410 e. The maximum absolute atomic E-state index is 12.8. The standard InChI is InChI=1S/C20H29NO6/c1-20(2,3)27-19(23)21(15-8-10-26-11-9-15)13-14-6-7-16(18(22)25-5)17(12-14)24-4/h6-7,12,15H,8-11,13H2,1-5H3. The number of carbonyl (C=O) groups excluding carboxylic acids is 2. The number of ether oxygens (including phenoxy) is 4. The van der Waals surface area contributed by atoms with Crippen LogP contribution in [0.25, 0.3) is 0 Å². The van der Waals surface area contributed by atoms with Gasteiger partial charge in [-0.2, -0.15) is 0 Å². The number of hydrogen-bond donors (Lipinski definition) is 0. The van der Waals surface area contributed by atoms with Gasteiger partial charge < -0.3 is 23.8 Å². The fourth-order valence-electron chi connectivity index (χ4n) is 2.97. The first-order valence-corrected chi connectivity index (χ1v) is 9.07. The van der Waals surface area contributed by atoms with Gasteiger partial charge in [-0.15, -0.1) is 0 Å². The van der Waals surface area contributed by atoms with E-state index >= 15 is 0 Å². The van der Waals surface area contributed by atoms with E-state index in [0.29, 0.717) is 31.1 Å². The highest BCUT2D eigenvalue weighted by Gasteiger charge is 2.30. The second kappa shape index (κ2) is 9.08. The van der Waals surface area contributed by atoms with Crippen LogP contribution in [0.1, 0.15) is 49.5 Å². The van der Waals surface area contributed by atoms with Crippen molar-refractivity contribution < 1.29 is 28.5 Å². The Labute approximate surface area is 160 Å². The van der Waals surface area contributed by atoms with Gasteiger partial charge in [0.25, 0.3) is 0 Å². The lowest BCUT2D eigenvalue weighted by molar-refractivity contribution is -0.00812. The summed E-state index contributed by atoms with van der Waals surface area (Å²) < 4.78 is 21.1. The van der Waals surface area contributed by atoms with E-state index in [1.807, 2.05) is 20.8 Å². The number of amides is 1. The fourth-order valence-corrected chi connectivity index (χ4v) is 2.97. The molecule has 0 saturated carbocycles. The predicted molar refractivity (Wildman–Crippen MR) is 100.0 cm³/mol. The molecule has 7 nitrogen and oxygen atoms in total. The third-order valence-corrected chi connectivity index (χ3v) is 4.28. The van der Waals surface area contributed by atoms with Gasteiger partial charge in [-0.05, 0) is 51.3 Å². The van der Waals surface area contributed by atoms with Crippen LogP contribution in [0.4, 0.5) is 4.79 Å². The highest BCUT2D eigenvalue weighted by Crippen LogP contribution is 2.25. The monoisotopic (exact) mass is 379 g/mol. The average molecular weight is 379 g/mol. The number of nitrogens with zero attached hydrogens (tertiary/aromatic N) is 1. The minimum atomic E-state index is -0.576. The van der Waals surface area contributed by atoms with Crippen molar-refractivity contribution in [2.45, 2.75) is 51.8 Å². The molecule has 1 aromatic carbocycles. The first-order chi connectivity index (χ1) is 12.7. The molecule has 27 heavy (non-hydrogen) atoms. The van der Waals surface area contributed by atoms with Crippen LogP contribution in [0.2, 0.25) is 0 Å². The molecule has 0 unspecified atom stereocenters.